The van der Waals surface area contributed by atoms with E-state index in [-0.39, 0.29) is 23.8 Å². The number of piperidine rings is 1. The molecule has 1 aromatic carbocycles. The number of nitrogens with one attached hydrogen (secondary N) is 1. The second-order valence-electron chi connectivity index (χ2n) is 7.51. The molecule has 3 rings (SSSR count). The molecule has 6 heteroatoms. The summed E-state index contributed by atoms with van der Waals surface area (Å²) in [5.74, 6) is 0.0984. The van der Waals surface area contributed by atoms with E-state index < -0.39 is 0 Å². The molecule has 1 N–H and O–H groups in total. The normalized spacial score (nSPS) is 17.6. The number of likely N-dealkylation sites (tertiary alicyclic amines) is 1. The fraction of sp³-hybridized carbons (Fsp3) is 0.435. The molecular formula is C23H29N3O3. The van der Waals surface area contributed by atoms with E-state index in [4.69, 9.17) is 4.74 Å². The van der Waals surface area contributed by atoms with Gasteiger partial charge < -0.3 is 15.0 Å². The Balaban J connectivity index is 1.80. The Labute approximate surface area is 172 Å². The van der Waals surface area contributed by atoms with Gasteiger partial charge in [-0.3, -0.25) is 14.6 Å². The van der Waals surface area contributed by atoms with Crippen LogP contribution in [-0.2, 0) is 9.53 Å². The minimum Gasteiger partial charge on any atom is -0.384 e. The number of benzene rings is 1. The lowest BCUT2D eigenvalue weighted by molar-refractivity contribution is -0.134. The summed E-state index contributed by atoms with van der Waals surface area (Å²) in [6, 6.07) is 13.0. The number of methoxy groups -OCH3 is 1. The summed E-state index contributed by atoms with van der Waals surface area (Å²) in [6.07, 6.45) is 3.97. The van der Waals surface area contributed by atoms with Gasteiger partial charge in [-0.2, -0.15) is 0 Å². The summed E-state index contributed by atoms with van der Waals surface area (Å²) in [6.45, 7) is 3.72. The smallest absolute Gasteiger partial charge is 0.252 e. The van der Waals surface area contributed by atoms with E-state index in [1.54, 1.807) is 13.3 Å². The van der Waals surface area contributed by atoms with Crippen LogP contribution >= 0.6 is 0 Å². The number of amides is 2. The van der Waals surface area contributed by atoms with E-state index in [1.165, 1.54) is 0 Å². The van der Waals surface area contributed by atoms with Crippen LogP contribution in [0.25, 0.3) is 0 Å². The van der Waals surface area contributed by atoms with Gasteiger partial charge in [0.2, 0.25) is 5.91 Å². The van der Waals surface area contributed by atoms with Gasteiger partial charge in [0.25, 0.3) is 5.91 Å². The maximum absolute atomic E-state index is 13.0. The first-order chi connectivity index (χ1) is 14.1. The minimum atomic E-state index is -0.249. The number of aromatic nitrogens is 1. The monoisotopic (exact) mass is 395 g/mol. The summed E-state index contributed by atoms with van der Waals surface area (Å²) >= 11 is 0. The summed E-state index contributed by atoms with van der Waals surface area (Å²) in [5, 5.41) is 3.20. The highest BCUT2D eigenvalue weighted by Crippen LogP contribution is 2.30. The maximum atomic E-state index is 13.0. The van der Waals surface area contributed by atoms with Crippen LogP contribution in [0.2, 0.25) is 0 Å². The average Bonchev–Trinajstić information content (AvgIpc) is 2.76. The van der Waals surface area contributed by atoms with E-state index in [0.29, 0.717) is 25.1 Å². The molecule has 2 amide bonds. The highest BCUT2D eigenvalue weighted by Gasteiger charge is 2.32. The summed E-state index contributed by atoms with van der Waals surface area (Å²) in [4.78, 5) is 31.9. The molecule has 0 radical (unpaired) electrons. The highest BCUT2D eigenvalue weighted by molar-refractivity contribution is 5.95. The van der Waals surface area contributed by atoms with Crippen molar-refractivity contribution in [2.75, 3.05) is 26.8 Å². The topological polar surface area (TPSA) is 71.5 Å². The van der Waals surface area contributed by atoms with E-state index >= 15 is 0 Å². The molecule has 154 valence electrons. The van der Waals surface area contributed by atoms with Gasteiger partial charge in [-0.25, -0.2) is 0 Å². The maximum Gasteiger partial charge on any atom is 0.252 e. The van der Waals surface area contributed by atoms with Crippen LogP contribution in [0.3, 0.4) is 0 Å². The van der Waals surface area contributed by atoms with E-state index in [1.807, 2.05) is 54.3 Å². The quantitative estimate of drug-likeness (QED) is 0.782. The van der Waals surface area contributed by atoms with Crippen molar-refractivity contribution in [3.8, 4) is 0 Å². The van der Waals surface area contributed by atoms with Gasteiger partial charge in [0.15, 0.2) is 0 Å². The van der Waals surface area contributed by atoms with Crippen molar-refractivity contribution in [1.29, 1.82) is 0 Å². The number of rotatable bonds is 7. The van der Waals surface area contributed by atoms with Crippen molar-refractivity contribution >= 4 is 11.8 Å². The molecule has 29 heavy (non-hydrogen) atoms. The number of hydrogen-bond donors (Lipinski definition) is 1. The number of hydrogen-bond acceptors (Lipinski definition) is 4. The zero-order valence-electron chi connectivity index (χ0n) is 17.1. The molecule has 1 aliphatic rings. The van der Waals surface area contributed by atoms with Crippen molar-refractivity contribution in [3.05, 3.63) is 65.5 Å². The van der Waals surface area contributed by atoms with E-state index in [9.17, 15) is 9.59 Å². The molecule has 6 nitrogen and oxygen atoms in total. The molecule has 0 saturated carbocycles. The van der Waals surface area contributed by atoms with Gasteiger partial charge in [0.1, 0.15) is 0 Å². The first-order valence-corrected chi connectivity index (χ1v) is 10.1. The number of nitrogens with zero attached hydrogens (tertiary/aromatic N) is 2. The number of carbonyl (C=O) groups excluding carboxylic acids is 2. The third kappa shape index (κ3) is 5.41. The molecule has 1 fully saturated rings. The van der Waals surface area contributed by atoms with Crippen LogP contribution in [0.5, 0.6) is 0 Å². The number of pyridine rings is 1. The van der Waals surface area contributed by atoms with Crippen molar-refractivity contribution in [2.24, 2.45) is 5.92 Å². The van der Waals surface area contributed by atoms with Gasteiger partial charge in [-0.15, -0.1) is 0 Å². The lowest BCUT2D eigenvalue weighted by Crippen LogP contribution is -2.45. The second-order valence-corrected chi connectivity index (χ2v) is 7.51. The lowest BCUT2D eigenvalue weighted by Gasteiger charge is -2.37. The highest BCUT2D eigenvalue weighted by atomic mass is 16.5. The lowest BCUT2D eigenvalue weighted by atomic mass is 9.88. The Morgan fingerprint density at radius 3 is 2.76 bits per heavy atom. The van der Waals surface area contributed by atoms with Crippen LogP contribution in [0, 0.1) is 12.8 Å². The zero-order valence-corrected chi connectivity index (χ0v) is 17.1. The van der Waals surface area contributed by atoms with Crippen LogP contribution in [-0.4, -0.2) is 48.5 Å². The molecule has 1 aromatic heterocycles. The van der Waals surface area contributed by atoms with Crippen LogP contribution < -0.4 is 5.32 Å². The third-order valence-corrected chi connectivity index (χ3v) is 5.48. The molecule has 1 aliphatic heterocycles. The molecule has 0 aliphatic carbocycles. The molecule has 0 spiro atoms. The molecule has 0 unspecified atom stereocenters. The van der Waals surface area contributed by atoms with Crippen molar-refractivity contribution < 1.29 is 14.3 Å². The SMILES string of the molecule is COCCC(=O)N1CCC[C@@H]([C@H](NC(=O)c2ccccc2C)c2ccccn2)C1. The molecule has 2 heterocycles. The fourth-order valence-electron chi connectivity index (χ4n) is 3.90. The predicted octanol–water partition coefficient (Wildman–Crippen LogP) is 3.14. The Bertz CT molecular complexity index is 825. The van der Waals surface area contributed by atoms with Gasteiger partial charge >= 0.3 is 0 Å². The predicted molar refractivity (Wildman–Crippen MR) is 111 cm³/mol. The summed E-state index contributed by atoms with van der Waals surface area (Å²) < 4.78 is 5.05. The first kappa shape index (κ1) is 21.0. The van der Waals surface area contributed by atoms with E-state index in [0.717, 1.165) is 30.6 Å². The Morgan fingerprint density at radius 2 is 2.03 bits per heavy atom. The third-order valence-electron chi connectivity index (χ3n) is 5.48. The number of carbonyl (C=O) groups is 2. The van der Waals surface area contributed by atoms with E-state index in [2.05, 4.69) is 10.3 Å². The number of ether oxygens (including phenoxy) is 1. The largest absolute Gasteiger partial charge is 0.384 e. The van der Waals surface area contributed by atoms with Gasteiger partial charge in [0, 0.05) is 37.9 Å². The number of aryl methyl sites for hydroxylation is 1. The Kier molecular flexibility index (Phi) is 7.36. The van der Waals surface area contributed by atoms with Crippen LogP contribution in [0.4, 0.5) is 0 Å². The molecular weight excluding hydrogens is 366 g/mol. The molecule has 2 aromatic rings. The Hall–Kier alpha value is -2.73. The second kappa shape index (κ2) is 10.2. The van der Waals surface area contributed by atoms with Crippen LogP contribution in [0.15, 0.2) is 48.7 Å². The van der Waals surface area contributed by atoms with Gasteiger partial charge in [0.05, 0.1) is 24.8 Å². The van der Waals surface area contributed by atoms with Crippen molar-refractivity contribution in [1.82, 2.24) is 15.2 Å². The Morgan fingerprint density at radius 1 is 1.24 bits per heavy atom. The fourth-order valence-corrected chi connectivity index (χ4v) is 3.90. The van der Waals surface area contributed by atoms with Gasteiger partial charge in [-0.1, -0.05) is 24.3 Å². The van der Waals surface area contributed by atoms with Gasteiger partial charge in [-0.05, 0) is 43.5 Å². The van der Waals surface area contributed by atoms with Crippen molar-refractivity contribution in [2.45, 2.75) is 32.2 Å². The first-order valence-electron chi connectivity index (χ1n) is 10.1. The van der Waals surface area contributed by atoms with Crippen molar-refractivity contribution in [3.63, 3.8) is 0 Å². The summed E-state index contributed by atoms with van der Waals surface area (Å²) in [7, 11) is 1.60. The average molecular weight is 396 g/mol. The zero-order chi connectivity index (χ0) is 20.6. The van der Waals surface area contributed by atoms with Crippen LogP contribution in [0.1, 0.15) is 46.9 Å². The minimum absolute atomic E-state index is 0.0987. The summed E-state index contributed by atoms with van der Waals surface area (Å²) in [5.41, 5.74) is 2.42. The molecule has 1 saturated heterocycles. The standard InChI is InChI=1S/C23H29N3O3/c1-17-8-3-4-10-19(17)23(28)25-22(20-11-5-6-13-24-20)18-9-7-14-26(16-18)21(27)12-15-29-2/h3-6,8,10-11,13,18,22H,7,9,12,14-16H2,1-2H3,(H,25,28)/t18-,22+/m1/s1. The molecule has 0 bridgehead atoms. The molecule has 2 atom stereocenters.